The number of benzene rings is 1. The van der Waals surface area contributed by atoms with E-state index in [1.807, 2.05) is 17.5 Å². The Bertz CT molecular complexity index is 1010. The molecule has 2 aromatic heterocycles. The molecule has 0 spiro atoms. The summed E-state index contributed by atoms with van der Waals surface area (Å²) < 4.78 is 26.1. The minimum atomic E-state index is -3.73. The van der Waals surface area contributed by atoms with E-state index in [1.54, 1.807) is 35.7 Å². The van der Waals surface area contributed by atoms with E-state index in [-0.39, 0.29) is 18.0 Å². The second-order valence-corrected chi connectivity index (χ2v) is 9.98. The van der Waals surface area contributed by atoms with Gasteiger partial charge in [0.2, 0.25) is 0 Å². The van der Waals surface area contributed by atoms with Gasteiger partial charge in [-0.3, -0.25) is 9.59 Å². The minimum absolute atomic E-state index is 0.171. The normalized spacial score (nSPS) is 12.3. The van der Waals surface area contributed by atoms with Crippen molar-refractivity contribution in [1.82, 2.24) is 10.6 Å². The lowest BCUT2D eigenvalue weighted by Gasteiger charge is -2.17. The fourth-order valence-electron chi connectivity index (χ4n) is 2.54. The molecule has 0 radical (unpaired) electrons. The highest BCUT2D eigenvalue weighted by molar-refractivity contribution is 7.91. The van der Waals surface area contributed by atoms with Gasteiger partial charge >= 0.3 is 11.8 Å². The highest BCUT2D eigenvalue weighted by Crippen LogP contribution is 2.31. The Hall–Kier alpha value is -2.49. The van der Waals surface area contributed by atoms with Crippen LogP contribution in [0.25, 0.3) is 0 Å². The van der Waals surface area contributed by atoms with Gasteiger partial charge in [0.25, 0.3) is 0 Å². The lowest BCUT2D eigenvalue weighted by molar-refractivity contribution is -0.139. The molecule has 0 aliphatic rings. The number of hydrogen-bond acceptors (Lipinski definition) is 6. The summed E-state index contributed by atoms with van der Waals surface area (Å²) in [7, 11) is -3.73. The SMILES string of the molecule is O=C(NCc1cccs1)C(=O)NC[C@H](c1cccs1)S(=O)(=O)c1ccccc1. The van der Waals surface area contributed by atoms with Gasteiger partial charge in [-0.1, -0.05) is 30.3 Å². The molecule has 2 amide bonds. The van der Waals surface area contributed by atoms with E-state index in [2.05, 4.69) is 10.6 Å². The summed E-state index contributed by atoms with van der Waals surface area (Å²) in [6.07, 6.45) is 0. The molecule has 0 bridgehead atoms. The van der Waals surface area contributed by atoms with Crippen LogP contribution in [0.2, 0.25) is 0 Å². The fourth-order valence-corrected chi connectivity index (χ4v) is 5.99. The molecule has 0 unspecified atom stereocenters. The molecule has 3 aromatic rings. The molecule has 0 aliphatic heterocycles. The molecular weight excluding hydrogens is 416 g/mol. The molecule has 0 aliphatic carbocycles. The topological polar surface area (TPSA) is 92.3 Å². The van der Waals surface area contributed by atoms with Gasteiger partial charge in [-0.2, -0.15) is 0 Å². The van der Waals surface area contributed by atoms with Crippen molar-refractivity contribution in [3.05, 3.63) is 75.1 Å². The molecule has 0 fully saturated rings. The van der Waals surface area contributed by atoms with E-state index in [0.29, 0.717) is 4.88 Å². The van der Waals surface area contributed by atoms with Crippen molar-refractivity contribution in [2.75, 3.05) is 6.54 Å². The number of carbonyl (C=O) groups is 2. The Kier molecular flexibility index (Phi) is 6.61. The molecule has 1 aromatic carbocycles. The summed E-state index contributed by atoms with van der Waals surface area (Å²) in [6.45, 7) is 0.0591. The Labute approximate surface area is 171 Å². The summed E-state index contributed by atoms with van der Waals surface area (Å²) in [5.41, 5.74) is 0. The van der Waals surface area contributed by atoms with Crippen LogP contribution in [-0.4, -0.2) is 26.8 Å². The summed E-state index contributed by atoms with van der Waals surface area (Å²) in [5.74, 6) is -1.66. The molecule has 9 heteroatoms. The molecule has 6 nitrogen and oxygen atoms in total. The van der Waals surface area contributed by atoms with Crippen LogP contribution in [0, 0.1) is 0 Å². The average molecular weight is 435 g/mol. The van der Waals surface area contributed by atoms with E-state index in [4.69, 9.17) is 0 Å². The first-order valence-corrected chi connectivity index (χ1v) is 11.7. The van der Waals surface area contributed by atoms with Crippen molar-refractivity contribution < 1.29 is 18.0 Å². The molecule has 0 saturated carbocycles. The summed E-state index contributed by atoms with van der Waals surface area (Å²) in [6, 6.07) is 15.2. The van der Waals surface area contributed by atoms with Crippen molar-refractivity contribution in [2.24, 2.45) is 0 Å². The fraction of sp³-hybridized carbons (Fsp3) is 0.158. The van der Waals surface area contributed by atoms with E-state index in [9.17, 15) is 18.0 Å². The van der Waals surface area contributed by atoms with Gasteiger partial charge < -0.3 is 10.6 Å². The second-order valence-electron chi connectivity index (χ2n) is 5.83. The molecule has 0 saturated heterocycles. The first-order chi connectivity index (χ1) is 13.5. The van der Waals surface area contributed by atoms with Gasteiger partial charge in [0.1, 0.15) is 5.25 Å². The van der Waals surface area contributed by atoms with Gasteiger partial charge in [0.05, 0.1) is 11.4 Å². The maximum Gasteiger partial charge on any atom is 0.309 e. The smallest absolute Gasteiger partial charge is 0.309 e. The lowest BCUT2D eigenvalue weighted by atomic mass is 10.3. The number of hydrogen-bond donors (Lipinski definition) is 2. The number of nitrogens with one attached hydrogen (secondary N) is 2. The summed E-state index contributed by atoms with van der Waals surface area (Å²) in [4.78, 5) is 25.8. The molecule has 146 valence electrons. The highest BCUT2D eigenvalue weighted by Gasteiger charge is 2.31. The number of amides is 2. The first kappa shape index (κ1) is 20.2. The van der Waals surface area contributed by atoms with Gasteiger partial charge in [-0.05, 0) is 35.0 Å². The van der Waals surface area contributed by atoms with E-state index in [1.165, 1.54) is 34.8 Å². The van der Waals surface area contributed by atoms with Crippen LogP contribution in [0.1, 0.15) is 15.0 Å². The van der Waals surface area contributed by atoms with E-state index >= 15 is 0 Å². The molecule has 28 heavy (non-hydrogen) atoms. The van der Waals surface area contributed by atoms with Crippen LogP contribution in [0.3, 0.4) is 0 Å². The van der Waals surface area contributed by atoms with Gasteiger partial charge in [0.15, 0.2) is 9.84 Å². The second kappa shape index (κ2) is 9.13. The molecule has 3 rings (SSSR count). The summed E-state index contributed by atoms with van der Waals surface area (Å²) >= 11 is 2.76. The standard InChI is InChI=1S/C19H18N2O4S3/c22-18(20-12-14-6-4-10-26-14)19(23)21-13-17(16-9-5-11-27-16)28(24,25)15-7-2-1-3-8-15/h1-11,17H,12-13H2,(H,20,22)(H,21,23)/t17-/m1/s1. The van der Waals surface area contributed by atoms with Crippen LogP contribution in [0.4, 0.5) is 0 Å². The Morgan fingerprint density at radius 2 is 1.54 bits per heavy atom. The van der Waals surface area contributed by atoms with Crippen molar-refractivity contribution in [3.63, 3.8) is 0 Å². The Balaban J connectivity index is 1.69. The third-order valence-electron chi connectivity index (χ3n) is 3.96. The highest BCUT2D eigenvalue weighted by atomic mass is 32.2. The number of rotatable bonds is 7. The molecular formula is C19H18N2O4S3. The zero-order valence-electron chi connectivity index (χ0n) is 14.7. The predicted octanol–water partition coefficient (Wildman–Crippen LogP) is 2.76. The molecule has 2 heterocycles. The first-order valence-electron chi connectivity index (χ1n) is 8.39. The third kappa shape index (κ3) is 4.86. The van der Waals surface area contributed by atoms with Gasteiger partial charge in [-0.15, -0.1) is 22.7 Å². The van der Waals surface area contributed by atoms with Gasteiger partial charge in [0, 0.05) is 16.3 Å². The zero-order chi connectivity index (χ0) is 20.0. The maximum atomic E-state index is 13.1. The van der Waals surface area contributed by atoms with E-state index in [0.717, 1.165) is 4.88 Å². The van der Waals surface area contributed by atoms with E-state index < -0.39 is 26.9 Å². The van der Waals surface area contributed by atoms with Crippen molar-refractivity contribution >= 4 is 44.3 Å². The maximum absolute atomic E-state index is 13.1. The quantitative estimate of drug-likeness (QED) is 0.559. The van der Waals surface area contributed by atoms with Gasteiger partial charge in [-0.25, -0.2) is 8.42 Å². The zero-order valence-corrected chi connectivity index (χ0v) is 17.1. The summed E-state index contributed by atoms with van der Waals surface area (Å²) in [5, 5.41) is 7.67. The molecule has 1 atom stereocenters. The van der Waals surface area contributed by atoms with Crippen LogP contribution < -0.4 is 10.6 Å². The Morgan fingerprint density at radius 3 is 2.18 bits per heavy atom. The van der Waals surface area contributed by atoms with Crippen LogP contribution in [-0.2, 0) is 26.0 Å². The number of carbonyl (C=O) groups excluding carboxylic acids is 2. The van der Waals surface area contributed by atoms with Crippen molar-refractivity contribution in [1.29, 1.82) is 0 Å². The van der Waals surface area contributed by atoms with Crippen molar-refractivity contribution in [2.45, 2.75) is 16.7 Å². The number of sulfone groups is 1. The lowest BCUT2D eigenvalue weighted by Crippen LogP contribution is -2.41. The number of thiophene rings is 2. The molecule has 2 N–H and O–H groups in total. The largest absolute Gasteiger partial charge is 0.346 e. The minimum Gasteiger partial charge on any atom is -0.346 e. The monoisotopic (exact) mass is 434 g/mol. The van der Waals surface area contributed by atoms with Crippen LogP contribution in [0.15, 0.2) is 70.3 Å². The average Bonchev–Trinajstić information content (AvgIpc) is 3.41. The van der Waals surface area contributed by atoms with Crippen LogP contribution >= 0.6 is 22.7 Å². The predicted molar refractivity (Wildman–Crippen MR) is 110 cm³/mol. The van der Waals surface area contributed by atoms with Crippen molar-refractivity contribution in [3.8, 4) is 0 Å². The third-order valence-corrected chi connectivity index (χ3v) is 8.07. The van der Waals surface area contributed by atoms with Crippen LogP contribution in [0.5, 0.6) is 0 Å². The Morgan fingerprint density at radius 1 is 0.857 bits per heavy atom.